The molecule has 7 heteroatoms. The Morgan fingerprint density at radius 1 is 1.04 bits per heavy atom. The molecule has 0 unspecified atom stereocenters. The van der Waals surface area contributed by atoms with Crippen molar-refractivity contribution in [2.45, 2.75) is 6.92 Å². The Bertz CT molecular complexity index is 711. The minimum atomic E-state index is -0.0494. The molecule has 138 valence electrons. The van der Waals surface area contributed by atoms with Crippen LogP contribution in [-0.4, -0.2) is 72.1 Å². The highest BCUT2D eigenvalue weighted by Crippen LogP contribution is 2.17. The van der Waals surface area contributed by atoms with E-state index in [9.17, 15) is 4.79 Å². The van der Waals surface area contributed by atoms with E-state index in [-0.39, 0.29) is 5.91 Å². The number of nitrogens with zero attached hydrogens (tertiary/aromatic N) is 4. The molecule has 26 heavy (non-hydrogen) atoms. The Morgan fingerprint density at radius 2 is 1.73 bits per heavy atom. The third kappa shape index (κ3) is 4.70. The first-order valence-corrected chi connectivity index (χ1v) is 8.73. The molecule has 7 nitrogen and oxygen atoms in total. The SMILES string of the molecule is COc1ccc(OCCN2CCN(C(=O)c3cnc(C)cn3)CC2)cc1. The summed E-state index contributed by atoms with van der Waals surface area (Å²) >= 11 is 0. The van der Waals surface area contributed by atoms with Crippen LogP contribution in [-0.2, 0) is 0 Å². The van der Waals surface area contributed by atoms with Gasteiger partial charge in [-0.15, -0.1) is 0 Å². The number of benzene rings is 1. The van der Waals surface area contributed by atoms with Crippen LogP contribution in [0.25, 0.3) is 0 Å². The summed E-state index contributed by atoms with van der Waals surface area (Å²) in [5.41, 5.74) is 1.22. The Kier molecular flexibility index (Phi) is 6.01. The highest BCUT2D eigenvalue weighted by atomic mass is 16.5. The Morgan fingerprint density at radius 3 is 2.35 bits per heavy atom. The molecule has 0 bridgehead atoms. The zero-order valence-electron chi connectivity index (χ0n) is 15.2. The molecular formula is C19H24N4O3. The lowest BCUT2D eigenvalue weighted by Gasteiger charge is -2.34. The number of aromatic nitrogens is 2. The zero-order valence-corrected chi connectivity index (χ0v) is 15.2. The Labute approximate surface area is 153 Å². The van der Waals surface area contributed by atoms with Crippen LogP contribution in [0.3, 0.4) is 0 Å². The van der Waals surface area contributed by atoms with Gasteiger partial charge in [0.1, 0.15) is 23.8 Å². The molecule has 1 aromatic carbocycles. The number of carbonyl (C=O) groups excluding carboxylic acids is 1. The highest BCUT2D eigenvalue weighted by molar-refractivity contribution is 5.92. The largest absolute Gasteiger partial charge is 0.497 e. The van der Waals surface area contributed by atoms with Gasteiger partial charge in [0.2, 0.25) is 0 Å². The first-order valence-electron chi connectivity index (χ1n) is 8.73. The van der Waals surface area contributed by atoms with Gasteiger partial charge in [0.15, 0.2) is 0 Å². The molecule has 0 N–H and O–H groups in total. The van der Waals surface area contributed by atoms with Crippen LogP contribution in [0.5, 0.6) is 11.5 Å². The van der Waals surface area contributed by atoms with Gasteiger partial charge in [-0.3, -0.25) is 14.7 Å². The van der Waals surface area contributed by atoms with Crippen LogP contribution in [0.4, 0.5) is 0 Å². The standard InChI is InChI=1S/C19H24N4O3/c1-15-13-21-18(14-20-15)19(24)23-9-7-22(8-10-23)11-12-26-17-5-3-16(25-2)4-6-17/h3-6,13-14H,7-12H2,1-2H3. The first kappa shape index (κ1) is 18.1. The van der Waals surface area contributed by atoms with Gasteiger partial charge in [0.05, 0.1) is 19.0 Å². The third-order valence-corrected chi connectivity index (χ3v) is 4.40. The molecule has 0 atom stereocenters. The maximum absolute atomic E-state index is 12.4. The summed E-state index contributed by atoms with van der Waals surface area (Å²) in [6.45, 7) is 6.35. The second kappa shape index (κ2) is 8.62. The molecule has 1 aromatic heterocycles. The first-order chi connectivity index (χ1) is 12.7. The van der Waals surface area contributed by atoms with E-state index in [2.05, 4.69) is 14.9 Å². The van der Waals surface area contributed by atoms with Gasteiger partial charge in [-0.2, -0.15) is 0 Å². The number of hydrogen-bond acceptors (Lipinski definition) is 6. The Balaban J connectivity index is 1.40. The summed E-state index contributed by atoms with van der Waals surface area (Å²) in [5.74, 6) is 1.60. The van der Waals surface area contributed by atoms with Crippen LogP contribution in [0, 0.1) is 6.92 Å². The second-order valence-corrected chi connectivity index (χ2v) is 6.20. The molecule has 1 saturated heterocycles. The summed E-state index contributed by atoms with van der Waals surface area (Å²) < 4.78 is 10.9. The van der Waals surface area contributed by atoms with Crippen molar-refractivity contribution < 1.29 is 14.3 Å². The van der Waals surface area contributed by atoms with Crippen molar-refractivity contribution in [3.8, 4) is 11.5 Å². The summed E-state index contributed by atoms with van der Waals surface area (Å²) in [5, 5.41) is 0. The van der Waals surface area contributed by atoms with Gasteiger partial charge >= 0.3 is 0 Å². The molecule has 2 heterocycles. The predicted molar refractivity (Wildman–Crippen MR) is 97.6 cm³/mol. The summed E-state index contributed by atoms with van der Waals surface area (Å²) in [7, 11) is 1.64. The smallest absolute Gasteiger partial charge is 0.274 e. The number of hydrogen-bond donors (Lipinski definition) is 0. The number of aryl methyl sites for hydroxylation is 1. The van der Waals surface area contributed by atoms with E-state index >= 15 is 0 Å². The topological polar surface area (TPSA) is 67.8 Å². The number of piperazine rings is 1. The zero-order chi connectivity index (χ0) is 18.4. The number of rotatable bonds is 6. The minimum absolute atomic E-state index is 0.0494. The fraction of sp³-hybridized carbons (Fsp3) is 0.421. The van der Waals surface area contributed by atoms with Crippen molar-refractivity contribution in [1.29, 1.82) is 0 Å². The fourth-order valence-corrected chi connectivity index (χ4v) is 2.80. The average Bonchev–Trinajstić information content (AvgIpc) is 2.69. The lowest BCUT2D eigenvalue weighted by molar-refractivity contribution is 0.0614. The third-order valence-electron chi connectivity index (χ3n) is 4.40. The Hall–Kier alpha value is -2.67. The van der Waals surface area contributed by atoms with E-state index in [1.54, 1.807) is 19.5 Å². The van der Waals surface area contributed by atoms with E-state index in [0.29, 0.717) is 25.4 Å². The molecule has 2 aromatic rings. The van der Waals surface area contributed by atoms with Gasteiger partial charge in [0.25, 0.3) is 5.91 Å². The van der Waals surface area contributed by atoms with Crippen LogP contribution >= 0.6 is 0 Å². The lowest BCUT2D eigenvalue weighted by Crippen LogP contribution is -2.49. The van der Waals surface area contributed by atoms with Crippen LogP contribution < -0.4 is 9.47 Å². The maximum Gasteiger partial charge on any atom is 0.274 e. The van der Waals surface area contributed by atoms with Gasteiger partial charge in [0, 0.05) is 38.9 Å². The average molecular weight is 356 g/mol. The van der Waals surface area contributed by atoms with Crippen molar-refractivity contribution >= 4 is 5.91 Å². The van der Waals surface area contributed by atoms with E-state index < -0.39 is 0 Å². The van der Waals surface area contributed by atoms with Crippen LogP contribution in [0.1, 0.15) is 16.2 Å². The molecule has 1 aliphatic heterocycles. The molecule has 3 rings (SSSR count). The second-order valence-electron chi connectivity index (χ2n) is 6.20. The minimum Gasteiger partial charge on any atom is -0.497 e. The van der Waals surface area contributed by atoms with Crippen molar-refractivity contribution in [3.63, 3.8) is 0 Å². The van der Waals surface area contributed by atoms with Crippen molar-refractivity contribution in [1.82, 2.24) is 19.8 Å². The van der Waals surface area contributed by atoms with Gasteiger partial charge < -0.3 is 14.4 Å². The number of ether oxygens (including phenoxy) is 2. The normalized spacial score (nSPS) is 14.9. The van der Waals surface area contributed by atoms with Gasteiger partial charge in [-0.25, -0.2) is 4.98 Å². The molecule has 0 spiro atoms. The van der Waals surface area contributed by atoms with Crippen molar-refractivity contribution in [3.05, 3.63) is 48.0 Å². The molecule has 0 aliphatic carbocycles. The molecule has 1 fully saturated rings. The molecule has 0 saturated carbocycles. The lowest BCUT2D eigenvalue weighted by atomic mass is 10.2. The summed E-state index contributed by atoms with van der Waals surface area (Å²) in [4.78, 5) is 24.9. The summed E-state index contributed by atoms with van der Waals surface area (Å²) in [6.07, 6.45) is 3.17. The quantitative estimate of drug-likeness (QED) is 0.784. The van der Waals surface area contributed by atoms with E-state index in [1.807, 2.05) is 36.1 Å². The number of amides is 1. The predicted octanol–water partition coefficient (Wildman–Crippen LogP) is 1.63. The van der Waals surface area contributed by atoms with E-state index in [0.717, 1.165) is 36.8 Å². The van der Waals surface area contributed by atoms with Crippen LogP contribution in [0.2, 0.25) is 0 Å². The van der Waals surface area contributed by atoms with Crippen molar-refractivity contribution in [2.75, 3.05) is 46.4 Å². The van der Waals surface area contributed by atoms with Gasteiger partial charge in [-0.05, 0) is 31.2 Å². The molecular weight excluding hydrogens is 332 g/mol. The van der Waals surface area contributed by atoms with E-state index in [4.69, 9.17) is 9.47 Å². The molecule has 0 radical (unpaired) electrons. The van der Waals surface area contributed by atoms with Crippen LogP contribution in [0.15, 0.2) is 36.7 Å². The summed E-state index contributed by atoms with van der Waals surface area (Å²) in [6, 6.07) is 7.57. The van der Waals surface area contributed by atoms with Gasteiger partial charge in [-0.1, -0.05) is 0 Å². The van der Waals surface area contributed by atoms with Crippen molar-refractivity contribution in [2.24, 2.45) is 0 Å². The number of methoxy groups -OCH3 is 1. The molecule has 1 amide bonds. The maximum atomic E-state index is 12.4. The molecule has 1 aliphatic rings. The van der Waals surface area contributed by atoms with E-state index in [1.165, 1.54) is 0 Å². The number of carbonyl (C=O) groups is 1. The fourth-order valence-electron chi connectivity index (χ4n) is 2.80. The highest BCUT2D eigenvalue weighted by Gasteiger charge is 2.22. The monoisotopic (exact) mass is 356 g/mol.